The molecule has 12 heteroatoms. The van der Waals surface area contributed by atoms with Crippen molar-refractivity contribution in [3.63, 3.8) is 0 Å². The van der Waals surface area contributed by atoms with Crippen LogP contribution in [0.25, 0.3) is 0 Å². The highest BCUT2D eigenvalue weighted by Gasteiger charge is 2.36. The minimum atomic E-state index is -1.19. The molecule has 0 aromatic rings. The standard InChI is InChI=1S/C45H87NO5.C17H31NO5/c1-5-9-13-17-21-23-25-27-31-35-42(47)46-41(36-37-43(48)49)44(50)51-45(38-32-28-19-15-11-7-3,39-33-29-20-16-12-8-4)40-34-30-26-24-22-18-14-10-6-2;1-2-3-4-5-6-7-8-9-10-11-15(19)18-14(17(22)23)12-13-16(20)21/h41H,5-40H2,1-4H3,(H,46,47)(H,48,49);14H,2-13H2,1H3,(H,18,19)(H,20,21)(H,22,23)/t41-;14-/m00/s1. The molecule has 0 aliphatic rings. The zero-order valence-corrected chi connectivity index (χ0v) is 48.8. The number of carbonyl (C=O) groups is 6. The Bertz CT molecular complexity index is 1330. The molecule has 0 saturated carbocycles. The number of carboxylic acid groups (broad SMARTS) is 3. The summed E-state index contributed by atoms with van der Waals surface area (Å²) in [6.07, 6.45) is 49.2. The summed E-state index contributed by atoms with van der Waals surface area (Å²) < 4.78 is 6.61. The first kappa shape index (κ1) is 72.9. The van der Waals surface area contributed by atoms with E-state index in [1.54, 1.807) is 0 Å². The second-order valence-corrected chi connectivity index (χ2v) is 21.8. The third-order valence-corrected chi connectivity index (χ3v) is 14.6. The first-order chi connectivity index (χ1) is 35.8. The highest BCUT2D eigenvalue weighted by molar-refractivity contribution is 5.85. The monoisotopic (exact) mass is 1050 g/mol. The molecule has 0 heterocycles. The zero-order valence-electron chi connectivity index (χ0n) is 48.8. The first-order valence-electron chi connectivity index (χ1n) is 31.3. The van der Waals surface area contributed by atoms with Crippen molar-refractivity contribution in [1.82, 2.24) is 10.6 Å². The van der Waals surface area contributed by atoms with Crippen LogP contribution in [-0.4, -0.2) is 68.7 Å². The maximum atomic E-state index is 14.0. The van der Waals surface area contributed by atoms with Crippen LogP contribution in [0.5, 0.6) is 0 Å². The Morgan fingerprint density at radius 1 is 0.338 bits per heavy atom. The van der Waals surface area contributed by atoms with Gasteiger partial charge >= 0.3 is 23.9 Å². The number of hydrogen-bond acceptors (Lipinski definition) is 7. The molecule has 2 amide bonds. The number of unbranched alkanes of at least 4 members (excludes halogenated alkanes) is 34. The highest BCUT2D eigenvalue weighted by atomic mass is 16.6. The topological polar surface area (TPSA) is 196 Å². The van der Waals surface area contributed by atoms with Crippen molar-refractivity contribution in [2.45, 2.75) is 361 Å². The summed E-state index contributed by atoms with van der Waals surface area (Å²) in [6.45, 7) is 11.2. The van der Waals surface area contributed by atoms with Gasteiger partial charge < -0.3 is 30.7 Å². The van der Waals surface area contributed by atoms with Crippen LogP contribution in [-0.2, 0) is 33.5 Å². The SMILES string of the molecule is CCCCCCCCCCCC(=O)N[C@@H](CCC(=O)O)C(=O)O.CCCCCCCCCCCC(=O)N[C@@H](CCC(=O)O)C(=O)OC(CCCCCCCC)(CCCCCCCC)CCCCCCCCCCC. The number of aliphatic carboxylic acids is 3. The molecule has 0 bridgehead atoms. The molecule has 0 aliphatic heterocycles. The largest absolute Gasteiger partial charge is 0.481 e. The van der Waals surface area contributed by atoms with Gasteiger partial charge in [-0.05, 0) is 64.2 Å². The van der Waals surface area contributed by atoms with Gasteiger partial charge in [0.1, 0.15) is 17.7 Å². The van der Waals surface area contributed by atoms with Gasteiger partial charge in [-0.2, -0.15) is 0 Å². The van der Waals surface area contributed by atoms with Gasteiger partial charge in [0.2, 0.25) is 11.8 Å². The van der Waals surface area contributed by atoms with Crippen LogP contribution in [0.3, 0.4) is 0 Å². The van der Waals surface area contributed by atoms with Crippen molar-refractivity contribution in [2.24, 2.45) is 0 Å². The van der Waals surface area contributed by atoms with Crippen LogP contribution < -0.4 is 10.6 Å². The molecule has 0 fully saturated rings. The van der Waals surface area contributed by atoms with E-state index in [0.717, 1.165) is 96.3 Å². The van der Waals surface area contributed by atoms with Crippen molar-refractivity contribution >= 4 is 35.7 Å². The van der Waals surface area contributed by atoms with Crippen molar-refractivity contribution < 1.29 is 48.8 Å². The van der Waals surface area contributed by atoms with Crippen LogP contribution in [0.15, 0.2) is 0 Å². The van der Waals surface area contributed by atoms with E-state index in [1.807, 2.05) is 0 Å². The number of ether oxygens (including phenoxy) is 1. The van der Waals surface area contributed by atoms with Gasteiger partial charge in [-0.15, -0.1) is 0 Å². The molecule has 12 nitrogen and oxygen atoms in total. The molecule has 0 unspecified atom stereocenters. The molecule has 5 N–H and O–H groups in total. The lowest BCUT2D eigenvalue weighted by molar-refractivity contribution is -0.167. The normalized spacial score (nSPS) is 12.1. The Hall–Kier alpha value is -3.18. The van der Waals surface area contributed by atoms with E-state index in [4.69, 9.17) is 14.9 Å². The molecular weight excluding hydrogens is 933 g/mol. The molecule has 436 valence electrons. The van der Waals surface area contributed by atoms with Crippen LogP contribution in [0.4, 0.5) is 0 Å². The Kier molecular flexibility index (Phi) is 53.8. The lowest BCUT2D eigenvalue weighted by Crippen LogP contribution is -2.46. The summed E-state index contributed by atoms with van der Waals surface area (Å²) in [5, 5.41) is 32.3. The highest BCUT2D eigenvalue weighted by Crippen LogP contribution is 2.34. The fourth-order valence-corrected chi connectivity index (χ4v) is 9.79. The molecule has 0 aromatic heterocycles. The van der Waals surface area contributed by atoms with E-state index >= 15 is 0 Å². The predicted octanol–water partition coefficient (Wildman–Crippen LogP) is 17.3. The number of carbonyl (C=O) groups excluding carboxylic acids is 3. The molecule has 0 saturated heterocycles. The molecule has 0 aliphatic carbocycles. The minimum Gasteiger partial charge on any atom is -0.481 e. The summed E-state index contributed by atoms with van der Waals surface area (Å²) in [7, 11) is 0. The smallest absolute Gasteiger partial charge is 0.329 e. The fourth-order valence-electron chi connectivity index (χ4n) is 9.79. The number of esters is 1. The zero-order chi connectivity index (χ0) is 55.2. The van der Waals surface area contributed by atoms with Crippen LogP contribution >= 0.6 is 0 Å². The van der Waals surface area contributed by atoms with Crippen molar-refractivity contribution in [3.8, 4) is 0 Å². The van der Waals surface area contributed by atoms with E-state index in [1.165, 1.54) is 173 Å². The van der Waals surface area contributed by atoms with Gasteiger partial charge in [-0.3, -0.25) is 19.2 Å². The van der Waals surface area contributed by atoms with Crippen molar-refractivity contribution in [3.05, 3.63) is 0 Å². The summed E-state index contributed by atoms with van der Waals surface area (Å²) in [6, 6.07) is -2.03. The third-order valence-electron chi connectivity index (χ3n) is 14.6. The number of hydrogen-bond donors (Lipinski definition) is 5. The summed E-state index contributed by atoms with van der Waals surface area (Å²) >= 11 is 0. The van der Waals surface area contributed by atoms with Crippen molar-refractivity contribution in [2.75, 3.05) is 0 Å². The first-order valence-corrected chi connectivity index (χ1v) is 31.3. The number of carboxylic acids is 3. The quantitative estimate of drug-likeness (QED) is 0.0289. The van der Waals surface area contributed by atoms with E-state index in [-0.39, 0.29) is 37.5 Å². The van der Waals surface area contributed by atoms with E-state index in [2.05, 4.69) is 45.3 Å². The average Bonchev–Trinajstić information content (AvgIpc) is 3.37. The van der Waals surface area contributed by atoms with Crippen LogP contribution in [0.2, 0.25) is 0 Å². The number of nitrogens with one attached hydrogen (secondary N) is 2. The lowest BCUT2D eigenvalue weighted by atomic mass is 9.84. The molecule has 0 radical (unpaired) electrons. The van der Waals surface area contributed by atoms with Crippen LogP contribution in [0.1, 0.15) is 343 Å². The van der Waals surface area contributed by atoms with Gasteiger partial charge in [0.25, 0.3) is 0 Å². The second kappa shape index (κ2) is 54.6. The number of amides is 2. The van der Waals surface area contributed by atoms with Gasteiger partial charge in [0, 0.05) is 25.7 Å². The minimum absolute atomic E-state index is 0.0693. The fraction of sp³-hybridized carbons (Fsp3) is 0.903. The van der Waals surface area contributed by atoms with Gasteiger partial charge in [-0.25, -0.2) is 9.59 Å². The Morgan fingerprint density at radius 3 is 0.851 bits per heavy atom. The lowest BCUT2D eigenvalue weighted by Gasteiger charge is -2.36. The molecule has 0 aromatic carbocycles. The third kappa shape index (κ3) is 49.7. The average molecular weight is 1050 g/mol. The maximum absolute atomic E-state index is 14.0. The molecular formula is C62H118N2O10. The summed E-state index contributed by atoms with van der Waals surface area (Å²) in [5.41, 5.74) is -0.545. The molecule has 0 spiro atoms. The van der Waals surface area contributed by atoms with Gasteiger partial charge in [0.15, 0.2) is 0 Å². The number of rotatable bonds is 55. The van der Waals surface area contributed by atoms with Gasteiger partial charge in [-0.1, -0.05) is 253 Å². The Morgan fingerprint density at radius 2 is 0.581 bits per heavy atom. The predicted molar refractivity (Wildman–Crippen MR) is 306 cm³/mol. The van der Waals surface area contributed by atoms with Crippen molar-refractivity contribution in [1.29, 1.82) is 0 Å². The summed E-state index contributed by atoms with van der Waals surface area (Å²) in [4.78, 5) is 71.8. The van der Waals surface area contributed by atoms with E-state index < -0.39 is 41.6 Å². The molecule has 2 atom stereocenters. The Balaban J connectivity index is 0. The molecule has 0 rings (SSSR count). The summed E-state index contributed by atoms with van der Waals surface area (Å²) in [5.74, 6) is -4.12. The maximum Gasteiger partial charge on any atom is 0.329 e. The van der Waals surface area contributed by atoms with E-state index in [0.29, 0.717) is 12.8 Å². The Labute approximate surface area is 454 Å². The van der Waals surface area contributed by atoms with Gasteiger partial charge in [0.05, 0.1) is 0 Å². The van der Waals surface area contributed by atoms with E-state index in [9.17, 15) is 33.9 Å². The van der Waals surface area contributed by atoms with Crippen LogP contribution in [0, 0.1) is 0 Å². The molecule has 74 heavy (non-hydrogen) atoms. The second-order valence-electron chi connectivity index (χ2n) is 21.8.